The molecule has 1 rings (SSSR count). The monoisotopic (exact) mass is 302 g/mol. The van der Waals surface area contributed by atoms with Crippen LogP contribution in [0.5, 0.6) is 0 Å². The van der Waals surface area contributed by atoms with Gasteiger partial charge < -0.3 is 10.6 Å². The van der Waals surface area contributed by atoms with Gasteiger partial charge in [0.05, 0.1) is 0 Å². The summed E-state index contributed by atoms with van der Waals surface area (Å²) in [5, 5.41) is 6.29. The van der Waals surface area contributed by atoms with E-state index < -0.39 is 0 Å². The zero-order valence-corrected chi connectivity index (χ0v) is 14.8. The summed E-state index contributed by atoms with van der Waals surface area (Å²) in [6.45, 7) is 18.4. The van der Waals surface area contributed by atoms with Gasteiger partial charge in [-0.1, -0.05) is 60.3 Å². The van der Waals surface area contributed by atoms with Crippen molar-refractivity contribution in [3.05, 3.63) is 42.0 Å². The molecule has 0 saturated heterocycles. The molecule has 1 aromatic rings. The Hall–Kier alpha value is -1.77. The van der Waals surface area contributed by atoms with E-state index in [1.165, 1.54) is 0 Å². The van der Waals surface area contributed by atoms with Gasteiger partial charge in [-0.15, -0.1) is 0 Å². The van der Waals surface area contributed by atoms with Crippen LogP contribution in [-0.4, -0.2) is 19.0 Å². The summed E-state index contributed by atoms with van der Waals surface area (Å²) in [6, 6.07) is 7.56. The molecule has 0 saturated carbocycles. The normalized spacial score (nSPS) is 11.9. The van der Waals surface area contributed by atoms with E-state index in [0.717, 1.165) is 17.8 Å². The van der Waals surface area contributed by atoms with Crippen LogP contribution in [-0.2, 0) is 0 Å². The van der Waals surface area contributed by atoms with Crippen molar-refractivity contribution < 1.29 is 4.79 Å². The maximum absolute atomic E-state index is 12.1. The lowest BCUT2D eigenvalue weighted by Crippen LogP contribution is -2.32. The number of carbonyl (C=O) groups excluding carboxylic acids is 1. The van der Waals surface area contributed by atoms with Gasteiger partial charge in [0.25, 0.3) is 5.91 Å². The van der Waals surface area contributed by atoms with E-state index >= 15 is 0 Å². The van der Waals surface area contributed by atoms with Crippen molar-refractivity contribution in [2.24, 2.45) is 10.8 Å². The van der Waals surface area contributed by atoms with E-state index in [0.29, 0.717) is 12.1 Å². The summed E-state index contributed by atoms with van der Waals surface area (Å²) in [7, 11) is 0. The van der Waals surface area contributed by atoms with E-state index in [9.17, 15) is 4.79 Å². The molecule has 1 aromatic carbocycles. The topological polar surface area (TPSA) is 41.1 Å². The second kappa shape index (κ2) is 6.99. The fraction of sp³-hybridized carbons (Fsp3) is 0.526. The molecule has 0 fully saturated rings. The molecule has 3 heteroatoms. The van der Waals surface area contributed by atoms with Gasteiger partial charge in [0, 0.05) is 24.4 Å². The van der Waals surface area contributed by atoms with Crippen LogP contribution in [0.15, 0.2) is 30.8 Å². The van der Waals surface area contributed by atoms with E-state index in [1.54, 1.807) is 0 Å². The van der Waals surface area contributed by atoms with Gasteiger partial charge in [0.2, 0.25) is 0 Å². The van der Waals surface area contributed by atoms with Crippen LogP contribution in [0.3, 0.4) is 0 Å². The molecule has 0 radical (unpaired) electrons. The van der Waals surface area contributed by atoms with Gasteiger partial charge in [0.15, 0.2) is 0 Å². The summed E-state index contributed by atoms with van der Waals surface area (Å²) < 4.78 is 0. The third-order valence-electron chi connectivity index (χ3n) is 3.11. The molecule has 0 aromatic heterocycles. The Labute approximate surface area is 135 Å². The molecule has 22 heavy (non-hydrogen) atoms. The molecule has 0 heterocycles. The van der Waals surface area contributed by atoms with Crippen molar-refractivity contribution in [2.45, 2.75) is 41.5 Å². The SMILES string of the molecule is C=C(NCC(C)(C)C)c1ccc(C(=O)NCC(C)(C)C)cc1. The molecule has 2 N–H and O–H groups in total. The number of benzene rings is 1. The summed E-state index contributed by atoms with van der Waals surface area (Å²) in [5.74, 6) is -0.0327. The van der Waals surface area contributed by atoms with Crippen molar-refractivity contribution in [3.63, 3.8) is 0 Å². The molecule has 0 atom stereocenters. The second-order valence-electron chi connectivity index (χ2n) is 8.21. The van der Waals surface area contributed by atoms with Gasteiger partial charge in [-0.25, -0.2) is 0 Å². The molecular formula is C19H30N2O. The minimum atomic E-state index is -0.0327. The third kappa shape index (κ3) is 6.79. The Balaban J connectivity index is 2.62. The van der Waals surface area contributed by atoms with E-state index in [-0.39, 0.29) is 16.7 Å². The predicted octanol–water partition coefficient (Wildman–Crippen LogP) is 4.07. The molecule has 1 amide bonds. The molecule has 0 aliphatic heterocycles. The van der Waals surface area contributed by atoms with Crippen LogP contribution >= 0.6 is 0 Å². The first kappa shape index (κ1) is 18.3. The summed E-state index contributed by atoms with van der Waals surface area (Å²) in [6.07, 6.45) is 0. The number of nitrogens with one attached hydrogen (secondary N) is 2. The standard InChI is InChI=1S/C19H30N2O/c1-14(20-12-18(2,3)4)15-8-10-16(11-9-15)17(22)21-13-19(5,6)7/h8-11,20H,1,12-13H2,2-7H3,(H,21,22). The van der Waals surface area contributed by atoms with Crippen LogP contribution in [0.2, 0.25) is 0 Å². The lowest BCUT2D eigenvalue weighted by Gasteiger charge is -2.21. The highest BCUT2D eigenvalue weighted by Crippen LogP contribution is 2.16. The van der Waals surface area contributed by atoms with Gasteiger partial charge in [-0.3, -0.25) is 4.79 Å². The Morgan fingerprint density at radius 2 is 1.27 bits per heavy atom. The molecular weight excluding hydrogens is 272 g/mol. The van der Waals surface area contributed by atoms with Crippen LogP contribution < -0.4 is 10.6 Å². The summed E-state index contributed by atoms with van der Waals surface area (Å²) in [4.78, 5) is 12.1. The van der Waals surface area contributed by atoms with Crippen molar-refractivity contribution in [3.8, 4) is 0 Å². The fourth-order valence-electron chi connectivity index (χ4n) is 1.74. The molecule has 0 aliphatic carbocycles. The Kier molecular flexibility index (Phi) is 5.81. The summed E-state index contributed by atoms with van der Waals surface area (Å²) in [5.41, 5.74) is 2.86. The fourth-order valence-corrected chi connectivity index (χ4v) is 1.74. The molecule has 0 spiro atoms. The Morgan fingerprint density at radius 1 is 0.864 bits per heavy atom. The summed E-state index contributed by atoms with van der Waals surface area (Å²) >= 11 is 0. The minimum Gasteiger partial charge on any atom is -0.385 e. The zero-order valence-electron chi connectivity index (χ0n) is 14.8. The number of carbonyl (C=O) groups is 1. The van der Waals surface area contributed by atoms with E-state index in [1.807, 2.05) is 24.3 Å². The quantitative estimate of drug-likeness (QED) is 0.861. The van der Waals surface area contributed by atoms with E-state index in [2.05, 4.69) is 58.8 Å². The van der Waals surface area contributed by atoms with Crippen molar-refractivity contribution in [1.82, 2.24) is 10.6 Å². The van der Waals surface area contributed by atoms with Crippen molar-refractivity contribution >= 4 is 11.6 Å². The van der Waals surface area contributed by atoms with Crippen molar-refractivity contribution in [2.75, 3.05) is 13.1 Å². The number of amides is 1. The smallest absolute Gasteiger partial charge is 0.251 e. The highest BCUT2D eigenvalue weighted by atomic mass is 16.1. The lowest BCUT2D eigenvalue weighted by atomic mass is 9.96. The molecule has 122 valence electrons. The first-order valence-electron chi connectivity index (χ1n) is 7.79. The van der Waals surface area contributed by atoms with Crippen molar-refractivity contribution in [1.29, 1.82) is 0 Å². The van der Waals surface area contributed by atoms with Crippen LogP contribution in [0, 0.1) is 10.8 Å². The molecule has 0 unspecified atom stereocenters. The maximum Gasteiger partial charge on any atom is 0.251 e. The Morgan fingerprint density at radius 3 is 1.73 bits per heavy atom. The number of hydrogen-bond donors (Lipinski definition) is 2. The van der Waals surface area contributed by atoms with E-state index in [4.69, 9.17) is 0 Å². The first-order valence-corrected chi connectivity index (χ1v) is 7.79. The average molecular weight is 302 g/mol. The minimum absolute atomic E-state index is 0.0327. The first-order chi connectivity index (χ1) is 9.98. The molecule has 3 nitrogen and oxygen atoms in total. The van der Waals surface area contributed by atoms with Gasteiger partial charge in [-0.05, 0) is 28.5 Å². The largest absolute Gasteiger partial charge is 0.385 e. The molecule has 0 aliphatic rings. The second-order valence-corrected chi connectivity index (χ2v) is 8.21. The average Bonchev–Trinajstić information content (AvgIpc) is 2.40. The Bertz CT molecular complexity index is 467. The van der Waals surface area contributed by atoms with Gasteiger partial charge in [0.1, 0.15) is 0 Å². The van der Waals surface area contributed by atoms with Gasteiger partial charge in [-0.2, -0.15) is 0 Å². The van der Waals surface area contributed by atoms with Gasteiger partial charge >= 0.3 is 0 Å². The highest BCUT2D eigenvalue weighted by Gasteiger charge is 2.13. The molecule has 0 bridgehead atoms. The number of rotatable bonds is 5. The van der Waals surface area contributed by atoms with Crippen LogP contribution in [0.25, 0.3) is 5.70 Å². The van der Waals surface area contributed by atoms with Crippen LogP contribution in [0.4, 0.5) is 0 Å². The maximum atomic E-state index is 12.1. The third-order valence-corrected chi connectivity index (χ3v) is 3.11. The number of hydrogen-bond acceptors (Lipinski definition) is 2. The highest BCUT2D eigenvalue weighted by molar-refractivity contribution is 5.94. The van der Waals surface area contributed by atoms with Crippen LogP contribution in [0.1, 0.15) is 57.5 Å². The predicted molar refractivity (Wildman–Crippen MR) is 94.7 cm³/mol. The zero-order chi connectivity index (χ0) is 17.0. The lowest BCUT2D eigenvalue weighted by molar-refractivity contribution is 0.0939.